The van der Waals surface area contributed by atoms with E-state index in [4.69, 9.17) is 9.47 Å². The maximum Gasteiger partial charge on any atom is 0.130 e. The molecule has 28 heavy (non-hydrogen) atoms. The van der Waals surface area contributed by atoms with E-state index in [1.807, 2.05) is 30.3 Å². The van der Waals surface area contributed by atoms with Crippen molar-refractivity contribution in [3.8, 4) is 11.5 Å². The SMILES string of the molecule is COc1ccc(CN(Cc2ccncc2)Cc2ccc(F)cc2F)c(OC)c1. The predicted octanol–water partition coefficient (Wildman–Crippen LogP) is 4.58. The third-order valence-corrected chi connectivity index (χ3v) is 4.45. The Morgan fingerprint density at radius 3 is 2.21 bits per heavy atom. The van der Waals surface area contributed by atoms with Gasteiger partial charge in [0.15, 0.2) is 0 Å². The van der Waals surface area contributed by atoms with Gasteiger partial charge < -0.3 is 9.47 Å². The van der Waals surface area contributed by atoms with Crippen molar-refractivity contribution in [2.45, 2.75) is 19.6 Å². The summed E-state index contributed by atoms with van der Waals surface area (Å²) in [6, 6.07) is 13.1. The maximum atomic E-state index is 14.2. The number of rotatable bonds is 8. The summed E-state index contributed by atoms with van der Waals surface area (Å²) in [5.74, 6) is 0.254. The Kier molecular flexibility index (Phi) is 6.55. The molecule has 0 saturated carbocycles. The Labute approximate surface area is 163 Å². The fourth-order valence-corrected chi connectivity index (χ4v) is 3.03. The van der Waals surface area contributed by atoms with Crippen LogP contribution in [0.15, 0.2) is 60.9 Å². The number of hydrogen-bond donors (Lipinski definition) is 0. The first-order valence-corrected chi connectivity index (χ1v) is 8.85. The van der Waals surface area contributed by atoms with Crippen LogP contribution in [0.25, 0.3) is 0 Å². The first-order valence-electron chi connectivity index (χ1n) is 8.85. The average Bonchev–Trinajstić information content (AvgIpc) is 2.71. The molecule has 3 aromatic rings. The van der Waals surface area contributed by atoms with Crippen LogP contribution in [0.3, 0.4) is 0 Å². The molecule has 0 N–H and O–H groups in total. The molecule has 1 heterocycles. The van der Waals surface area contributed by atoms with Crippen molar-refractivity contribution in [2.75, 3.05) is 14.2 Å². The second-order valence-electron chi connectivity index (χ2n) is 6.41. The largest absolute Gasteiger partial charge is 0.497 e. The molecule has 0 bridgehead atoms. The van der Waals surface area contributed by atoms with Gasteiger partial charge in [-0.25, -0.2) is 8.78 Å². The van der Waals surface area contributed by atoms with Crippen LogP contribution in [0.5, 0.6) is 11.5 Å². The van der Waals surface area contributed by atoms with E-state index in [1.54, 1.807) is 26.6 Å². The standard InChI is InChI=1S/C22H22F2N2O2/c1-27-20-6-4-18(22(12-20)28-2)15-26(13-16-7-9-25-10-8-16)14-17-3-5-19(23)11-21(17)24/h3-12H,13-15H2,1-2H3. The molecule has 4 nitrogen and oxygen atoms in total. The first kappa shape index (κ1) is 19.8. The van der Waals surface area contributed by atoms with Gasteiger partial charge in [-0.1, -0.05) is 12.1 Å². The molecule has 0 fully saturated rings. The van der Waals surface area contributed by atoms with Crippen LogP contribution >= 0.6 is 0 Å². The minimum absolute atomic E-state index is 0.323. The molecular weight excluding hydrogens is 362 g/mol. The van der Waals surface area contributed by atoms with Crippen LogP contribution < -0.4 is 9.47 Å². The third kappa shape index (κ3) is 5.04. The van der Waals surface area contributed by atoms with Crippen molar-refractivity contribution in [1.29, 1.82) is 0 Å². The van der Waals surface area contributed by atoms with Crippen LogP contribution in [0.4, 0.5) is 8.78 Å². The Hall–Kier alpha value is -2.99. The van der Waals surface area contributed by atoms with Gasteiger partial charge in [-0.15, -0.1) is 0 Å². The second kappa shape index (κ2) is 9.28. The molecule has 6 heteroatoms. The van der Waals surface area contributed by atoms with Crippen LogP contribution in [0.1, 0.15) is 16.7 Å². The zero-order valence-electron chi connectivity index (χ0n) is 15.9. The lowest BCUT2D eigenvalue weighted by Gasteiger charge is -2.24. The second-order valence-corrected chi connectivity index (χ2v) is 6.41. The number of ether oxygens (including phenoxy) is 2. The van der Waals surface area contributed by atoms with Crippen molar-refractivity contribution in [3.63, 3.8) is 0 Å². The summed E-state index contributed by atoms with van der Waals surface area (Å²) >= 11 is 0. The smallest absolute Gasteiger partial charge is 0.130 e. The zero-order valence-corrected chi connectivity index (χ0v) is 15.9. The molecule has 0 saturated heterocycles. The fourth-order valence-electron chi connectivity index (χ4n) is 3.03. The summed E-state index contributed by atoms with van der Waals surface area (Å²) in [6.07, 6.45) is 3.44. The lowest BCUT2D eigenvalue weighted by molar-refractivity contribution is 0.240. The number of pyridine rings is 1. The molecule has 0 aliphatic heterocycles. The molecule has 0 spiro atoms. The highest BCUT2D eigenvalue weighted by atomic mass is 19.1. The van der Waals surface area contributed by atoms with Crippen LogP contribution in [0, 0.1) is 11.6 Å². The molecule has 0 unspecified atom stereocenters. The number of nitrogens with zero attached hydrogens (tertiary/aromatic N) is 2. The highest BCUT2D eigenvalue weighted by molar-refractivity contribution is 5.40. The summed E-state index contributed by atoms with van der Waals surface area (Å²) in [6.45, 7) is 1.42. The maximum absolute atomic E-state index is 14.2. The van der Waals surface area contributed by atoms with E-state index in [0.717, 1.165) is 17.2 Å². The molecule has 0 aliphatic rings. The Morgan fingerprint density at radius 2 is 1.54 bits per heavy atom. The van der Waals surface area contributed by atoms with E-state index in [9.17, 15) is 8.78 Å². The number of benzene rings is 2. The fraction of sp³-hybridized carbons (Fsp3) is 0.227. The molecule has 146 valence electrons. The van der Waals surface area contributed by atoms with Crippen LogP contribution in [0.2, 0.25) is 0 Å². The summed E-state index contributed by atoms with van der Waals surface area (Å²) in [5, 5.41) is 0. The Morgan fingerprint density at radius 1 is 0.821 bits per heavy atom. The molecule has 0 aliphatic carbocycles. The summed E-state index contributed by atoms with van der Waals surface area (Å²) in [7, 11) is 3.20. The highest BCUT2D eigenvalue weighted by Crippen LogP contribution is 2.27. The van der Waals surface area contributed by atoms with Gasteiger partial charge in [0, 0.05) is 55.3 Å². The predicted molar refractivity (Wildman–Crippen MR) is 103 cm³/mol. The van der Waals surface area contributed by atoms with E-state index in [1.165, 1.54) is 12.1 Å². The molecule has 0 atom stereocenters. The molecule has 3 rings (SSSR count). The van der Waals surface area contributed by atoms with Gasteiger partial charge in [-0.2, -0.15) is 0 Å². The van der Waals surface area contributed by atoms with Gasteiger partial charge in [-0.3, -0.25) is 9.88 Å². The van der Waals surface area contributed by atoms with E-state index in [2.05, 4.69) is 9.88 Å². The summed E-state index contributed by atoms with van der Waals surface area (Å²) in [4.78, 5) is 6.10. The minimum atomic E-state index is -0.584. The summed E-state index contributed by atoms with van der Waals surface area (Å²) < 4.78 is 38.2. The molecule has 2 aromatic carbocycles. The Bertz CT molecular complexity index is 920. The highest BCUT2D eigenvalue weighted by Gasteiger charge is 2.15. The van der Waals surface area contributed by atoms with E-state index >= 15 is 0 Å². The number of hydrogen-bond acceptors (Lipinski definition) is 4. The van der Waals surface area contributed by atoms with E-state index in [-0.39, 0.29) is 0 Å². The van der Waals surface area contributed by atoms with Crippen molar-refractivity contribution in [2.24, 2.45) is 0 Å². The summed E-state index contributed by atoms with van der Waals surface area (Å²) in [5.41, 5.74) is 2.42. The molecule has 0 amide bonds. The lowest BCUT2D eigenvalue weighted by atomic mass is 10.1. The lowest BCUT2D eigenvalue weighted by Crippen LogP contribution is -2.23. The van der Waals surface area contributed by atoms with Gasteiger partial charge in [0.1, 0.15) is 23.1 Å². The zero-order chi connectivity index (χ0) is 19.9. The van der Waals surface area contributed by atoms with E-state index in [0.29, 0.717) is 36.7 Å². The quantitative estimate of drug-likeness (QED) is 0.569. The van der Waals surface area contributed by atoms with Crippen molar-refractivity contribution in [1.82, 2.24) is 9.88 Å². The van der Waals surface area contributed by atoms with Gasteiger partial charge in [0.25, 0.3) is 0 Å². The third-order valence-electron chi connectivity index (χ3n) is 4.45. The van der Waals surface area contributed by atoms with Gasteiger partial charge in [-0.05, 0) is 29.8 Å². The van der Waals surface area contributed by atoms with Crippen molar-refractivity contribution < 1.29 is 18.3 Å². The van der Waals surface area contributed by atoms with Gasteiger partial charge in [0.05, 0.1) is 14.2 Å². The first-order chi connectivity index (χ1) is 13.6. The number of aromatic nitrogens is 1. The number of methoxy groups -OCH3 is 2. The monoisotopic (exact) mass is 384 g/mol. The van der Waals surface area contributed by atoms with E-state index < -0.39 is 11.6 Å². The topological polar surface area (TPSA) is 34.6 Å². The van der Waals surface area contributed by atoms with Crippen LogP contribution in [-0.2, 0) is 19.6 Å². The molecule has 1 aromatic heterocycles. The molecule has 0 radical (unpaired) electrons. The molecular formula is C22H22F2N2O2. The van der Waals surface area contributed by atoms with Crippen molar-refractivity contribution >= 4 is 0 Å². The Balaban J connectivity index is 1.87. The normalized spacial score (nSPS) is 10.9. The number of halogens is 2. The van der Waals surface area contributed by atoms with Crippen molar-refractivity contribution in [3.05, 3.63) is 89.2 Å². The van der Waals surface area contributed by atoms with Gasteiger partial charge >= 0.3 is 0 Å². The minimum Gasteiger partial charge on any atom is -0.497 e. The van der Waals surface area contributed by atoms with Gasteiger partial charge in [0.2, 0.25) is 0 Å². The van der Waals surface area contributed by atoms with Crippen LogP contribution in [-0.4, -0.2) is 24.1 Å². The average molecular weight is 384 g/mol.